The molecule has 0 saturated carbocycles. The van der Waals surface area contributed by atoms with Crippen LogP contribution in [0.3, 0.4) is 0 Å². The Hall–Kier alpha value is -1.47. The third-order valence-corrected chi connectivity index (χ3v) is 3.06. The molecule has 0 aromatic heterocycles. The van der Waals surface area contributed by atoms with Gasteiger partial charge in [-0.25, -0.2) is 0 Å². The summed E-state index contributed by atoms with van der Waals surface area (Å²) in [5.41, 5.74) is 7.06. The highest BCUT2D eigenvalue weighted by Crippen LogP contribution is 2.08. The summed E-state index contributed by atoms with van der Waals surface area (Å²) in [5.74, 6) is 6.01. The fourth-order valence-electron chi connectivity index (χ4n) is 1.47. The van der Waals surface area contributed by atoms with Crippen LogP contribution in [0.1, 0.15) is 31.2 Å². The molecule has 1 aromatic carbocycles. The zero-order valence-corrected chi connectivity index (χ0v) is 12.5. The van der Waals surface area contributed by atoms with E-state index in [0.29, 0.717) is 13.0 Å². The first-order valence-corrected chi connectivity index (χ1v) is 7.51. The third-order valence-electron chi connectivity index (χ3n) is 2.50. The van der Waals surface area contributed by atoms with E-state index in [9.17, 15) is 4.79 Å². The molecule has 0 bridgehead atoms. The van der Waals surface area contributed by atoms with Crippen LogP contribution in [0, 0.1) is 11.8 Å². The van der Waals surface area contributed by atoms with Crippen molar-refractivity contribution in [3.63, 3.8) is 0 Å². The van der Waals surface area contributed by atoms with E-state index in [1.165, 1.54) is 0 Å². The number of amides is 1. The molecular weight excluding hydrogens is 304 g/mol. The van der Waals surface area contributed by atoms with Gasteiger partial charge in [0.05, 0.1) is 0 Å². The zero-order valence-electron chi connectivity index (χ0n) is 10.9. The molecule has 0 fully saturated rings. The molecule has 102 valence electrons. The lowest BCUT2D eigenvalue weighted by Gasteiger charge is -2.04. The maximum Gasteiger partial charge on any atom is 0.219 e. The fourth-order valence-corrected chi connectivity index (χ4v) is 1.87. The molecule has 3 nitrogen and oxygen atoms in total. The summed E-state index contributed by atoms with van der Waals surface area (Å²) in [5, 5.41) is 4.17. The number of nitrogens with two attached hydrogens (primary N) is 1. The Morgan fingerprint density at radius 3 is 2.63 bits per heavy atom. The number of unbranched alkanes of at least 4 members (excludes halogenated alkanes) is 2. The fraction of sp³-hybridized carbons (Fsp3) is 0.400. The lowest BCUT2D eigenvalue weighted by atomic mass is 10.2. The van der Waals surface area contributed by atoms with E-state index in [1.54, 1.807) is 0 Å². The summed E-state index contributed by atoms with van der Waals surface area (Å²) in [7, 11) is 0. The molecule has 1 aromatic rings. The predicted octanol–water partition coefficient (Wildman–Crippen LogP) is 2.89. The number of nitrogens with one attached hydrogen (secondary N) is 1. The Bertz CT molecular complexity index is 445. The van der Waals surface area contributed by atoms with Gasteiger partial charge in [-0.15, -0.1) is 0 Å². The van der Waals surface area contributed by atoms with Gasteiger partial charge in [-0.05, 0) is 37.1 Å². The molecule has 0 aliphatic rings. The number of hydrogen-bond acceptors (Lipinski definition) is 2. The van der Waals surface area contributed by atoms with Gasteiger partial charge < -0.3 is 11.1 Å². The summed E-state index contributed by atoms with van der Waals surface area (Å²) >= 11 is 3.40. The standard InChI is InChI=1S/C15H19BrN2O/c16-11-4-2-1-3-5-13-6-8-14(9-7-13)18-12-10-15(17)19/h6-9,18H,1-2,4,10-12H2,(H2,17,19). The van der Waals surface area contributed by atoms with Gasteiger partial charge in [-0.2, -0.15) is 0 Å². The molecule has 0 atom stereocenters. The summed E-state index contributed by atoms with van der Waals surface area (Å²) in [6, 6.07) is 7.88. The molecule has 0 unspecified atom stereocenters. The molecule has 0 aliphatic carbocycles. The molecule has 0 radical (unpaired) electrons. The monoisotopic (exact) mass is 322 g/mol. The molecule has 0 saturated heterocycles. The quantitative estimate of drug-likeness (QED) is 0.460. The average molecular weight is 323 g/mol. The van der Waals surface area contributed by atoms with E-state index in [2.05, 4.69) is 33.1 Å². The van der Waals surface area contributed by atoms with Crippen LogP contribution in [-0.2, 0) is 4.79 Å². The second kappa shape index (κ2) is 9.46. The van der Waals surface area contributed by atoms with Crippen molar-refractivity contribution in [3.8, 4) is 11.8 Å². The maximum absolute atomic E-state index is 10.6. The van der Waals surface area contributed by atoms with E-state index in [-0.39, 0.29) is 5.91 Å². The third kappa shape index (κ3) is 7.53. The Morgan fingerprint density at radius 2 is 2.00 bits per heavy atom. The highest BCUT2D eigenvalue weighted by Gasteiger charge is 1.95. The minimum absolute atomic E-state index is 0.293. The van der Waals surface area contributed by atoms with Crippen LogP contribution in [0.15, 0.2) is 24.3 Å². The number of benzene rings is 1. The van der Waals surface area contributed by atoms with Crippen molar-refractivity contribution in [2.75, 3.05) is 17.2 Å². The predicted molar refractivity (Wildman–Crippen MR) is 83.3 cm³/mol. The molecule has 0 heterocycles. The Balaban J connectivity index is 2.36. The SMILES string of the molecule is NC(=O)CCNc1ccc(C#CCCCCBr)cc1. The zero-order chi connectivity index (χ0) is 13.9. The van der Waals surface area contributed by atoms with Crippen molar-refractivity contribution >= 4 is 27.5 Å². The van der Waals surface area contributed by atoms with Crippen LogP contribution in [0.25, 0.3) is 0 Å². The molecule has 0 spiro atoms. The summed E-state index contributed by atoms with van der Waals surface area (Å²) < 4.78 is 0. The first-order chi connectivity index (χ1) is 9.22. The van der Waals surface area contributed by atoms with Crippen LogP contribution in [-0.4, -0.2) is 17.8 Å². The van der Waals surface area contributed by atoms with Crippen LogP contribution < -0.4 is 11.1 Å². The lowest BCUT2D eigenvalue weighted by Crippen LogP contribution is -2.15. The normalized spacial score (nSPS) is 9.53. The molecule has 19 heavy (non-hydrogen) atoms. The maximum atomic E-state index is 10.6. The van der Waals surface area contributed by atoms with Crippen molar-refractivity contribution in [2.24, 2.45) is 5.73 Å². The number of carbonyl (C=O) groups excluding carboxylic acids is 1. The number of carbonyl (C=O) groups is 1. The van der Waals surface area contributed by atoms with Gasteiger partial charge in [0.15, 0.2) is 0 Å². The van der Waals surface area contributed by atoms with E-state index in [1.807, 2.05) is 24.3 Å². The van der Waals surface area contributed by atoms with E-state index < -0.39 is 0 Å². The number of primary amides is 1. The molecule has 1 rings (SSSR count). The first-order valence-electron chi connectivity index (χ1n) is 6.39. The first kappa shape index (κ1) is 15.6. The minimum Gasteiger partial charge on any atom is -0.385 e. The molecule has 1 amide bonds. The summed E-state index contributed by atoms with van der Waals surface area (Å²) in [6.07, 6.45) is 3.57. The number of anilines is 1. The van der Waals surface area contributed by atoms with Crippen molar-refractivity contribution in [2.45, 2.75) is 25.7 Å². The lowest BCUT2D eigenvalue weighted by molar-refractivity contribution is -0.117. The Labute approximate surface area is 123 Å². The second-order valence-corrected chi connectivity index (χ2v) is 4.96. The van der Waals surface area contributed by atoms with Gasteiger partial charge in [0.2, 0.25) is 5.91 Å². The van der Waals surface area contributed by atoms with Crippen molar-refractivity contribution in [1.82, 2.24) is 0 Å². The van der Waals surface area contributed by atoms with E-state index in [0.717, 1.165) is 35.8 Å². The minimum atomic E-state index is -0.293. The van der Waals surface area contributed by atoms with Gasteiger partial charge in [0.25, 0.3) is 0 Å². The van der Waals surface area contributed by atoms with E-state index in [4.69, 9.17) is 5.73 Å². The van der Waals surface area contributed by atoms with E-state index >= 15 is 0 Å². The number of hydrogen-bond donors (Lipinski definition) is 2. The highest BCUT2D eigenvalue weighted by molar-refractivity contribution is 9.09. The molecular formula is C15H19BrN2O. The van der Waals surface area contributed by atoms with Crippen LogP contribution in [0.4, 0.5) is 5.69 Å². The van der Waals surface area contributed by atoms with Gasteiger partial charge >= 0.3 is 0 Å². The van der Waals surface area contributed by atoms with Gasteiger partial charge in [0.1, 0.15) is 0 Å². The van der Waals surface area contributed by atoms with Gasteiger partial charge in [-0.1, -0.05) is 27.8 Å². The average Bonchev–Trinajstić information content (AvgIpc) is 2.40. The highest BCUT2D eigenvalue weighted by atomic mass is 79.9. The Kier molecular flexibility index (Phi) is 7.76. The van der Waals surface area contributed by atoms with Crippen LogP contribution >= 0.6 is 15.9 Å². The van der Waals surface area contributed by atoms with Gasteiger partial charge in [0, 0.05) is 36.0 Å². The van der Waals surface area contributed by atoms with Crippen LogP contribution in [0.5, 0.6) is 0 Å². The summed E-state index contributed by atoms with van der Waals surface area (Å²) in [6.45, 7) is 0.562. The number of rotatable bonds is 7. The van der Waals surface area contributed by atoms with Crippen LogP contribution in [0.2, 0.25) is 0 Å². The van der Waals surface area contributed by atoms with Gasteiger partial charge in [-0.3, -0.25) is 4.79 Å². The number of halogens is 1. The molecule has 3 N–H and O–H groups in total. The topological polar surface area (TPSA) is 55.1 Å². The second-order valence-electron chi connectivity index (χ2n) is 4.17. The molecule has 0 aliphatic heterocycles. The van der Waals surface area contributed by atoms with Crippen molar-refractivity contribution < 1.29 is 4.79 Å². The largest absolute Gasteiger partial charge is 0.385 e. The summed E-state index contributed by atoms with van der Waals surface area (Å²) in [4.78, 5) is 10.6. The smallest absolute Gasteiger partial charge is 0.219 e. The number of alkyl halides is 1. The van der Waals surface area contributed by atoms with Crippen molar-refractivity contribution in [1.29, 1.82) is 0 Å². The van der Waals surface area contributed by atoms with Crippen molar-refractivity contribution in [3.05, 3.63) is 29.8 Å². The Morgan fingerprint density at radius 1 is 1.26 bits per heavy atom. The molecule has 4 heteroatoms.